The molecule has 1 aliphatic carbocycles. The normalized spacial score (nSPS) is 19.9. The highest BCUT2D eigenvalue weighted by Crippen LogP contribution is 2.46. The summed E-state index contributed by atoms with van der Waals surface area (Å²) < 4.78 is 6.46. The molecule has 1 spiro atoms. The van der Waals surface area contributed by atoms with Crippen LogP contribution in [0.25, 0.3) is 0 Å². The molecule has 29 heavy (non-hydrogen) atoms. The fraction of sp³-hybridized carbons (Fsp3) is 0.636. The number of nitrogens with zero attached hydrogens (tertiary/aromatic N) is 2. The van der Waals surface area contributed by atoms with E-state index in [1.54, 1.807) is 19.0 Å². The van der Waals surface area contributed by atoms with Gasteiger partial charge in [0.15, 0.2) is 5.96 Å². The first-order valence-corrected chi connectivity index (χ1v) is 10.4. The number of hydrogen-bond donors (Lipinski definition) is 2. The number of aliphatic imine (C=N–C) groups is 1. The van der Waals surface area contributed by atoms with Gasteiger partial charge in [0, 0.05) is 32.6 Å². The number of halogens is 1. The minimum Gasteiger partial charge on any atom is -0.487 e. The van der Waals surface area contributed by atoms with Crippen molar-refractivity contribution in [3.8, 4) is 5.75 Å². The molecule has 1 amide bonds. The SMILES string of the molecule is CC(C)CNC(=NCC(=O)N(C)C)NC1CC2(CCCC2)Oc2ccccc21.I. The summed E-state index contributed by atoms with van der Waals surface area (Å²) in [7, 11) is 3.51. The van der Waals surface area contributed by atoms with E-state index >= 15 is 0 Å². The van der Waals surface area contributed by atoms with E-state index < -0.39 is 0 Å². The number of hydrogen-bond acceptors (Lipinski definition) is 3. The van der Waals surface area contributed by atoms with Gasteiger partial charge in [-0.2, -0.15) is 0 Å². The topological polar surface area (TPSA) is 66.0 Å². The van der Waals surface area contributed by atoms with Crippen molar-refractivity contribution in [2.45, 2.75) is 57.6 Å². The van der Waals surface area contributed by atoms with E-state index in [0.29, 0.717) is 11.9 Å². The molecule has 0 bridgehead atoms. The van der Waals surface area contributed by atoms with E-state index in [9.17, 15) is 4.79 Å². The highest BCUT2D eigenvalue weighted by molar-refractivity contribution is 14.0. The molecule has 1 atom stereocenters. The second-order valence-electron chi connectivity index (χ2n) is 8.66. The fourth-order valence-electron chi connectivity index (χ4n) is 3.98. The lowest BCUT2D eigenvalue weighted by atomic mass is 9.86. The Morgan fingerprint density at radius 3 is 2.62 bits per heavy atom. The van der Waals surface area contributed by atoms with Crippen molar-refractivity contribution in [2.24, 2.45) is 10.9 Å². The molecule has 1 unspecified atom stereocenters. The molecular formula is C22H35IN4O2. The number of para-hydroxylation sites is 1. The number of amides is 1. The molecule has 3 rings (SSSR count). The van der Waals surface area contributed by atoms with Crippen LogP contribution in [0.5, 0.6) is 5.75 Å². The van der Waals surface area contributed by atoms with Gasteiger partial charge in [-0.05, 0) is 37.7 Å². The summed E-state index contributed by atoms with van der Waals surface area (Å²) in [6, 6.07) is 8.40. The first kappa shape index (κ1) is 23.8. The van der Waals surface area contributed by atoms with Gasteiger partial charge >= 0.3 is 0 Å². The molecule has 0 radical (unpaired) electrons. The van der Waals surface area contributed by atoms with Gasteiger partial charge in [-0.15, -0.1) is 24.0 Å². The van der Waals surface area contributed by atoms with Gasteiger partial charge in [0.25, 0.3) is 0 Å². The van der Waals surface area contributed by atoms with Crippen molar-refractivity contribution in [3.63, 3.8) is 0 Å². The zero-order valence-electron chi connectivity index (χ0n) is 18.0. The molecule has 7 heteroatoms. The van der Waals surface area contributed by atoms with E-state index in [1.165, 1.54) is 12.8 Å². The third-order valence-corrected chi connectivity index (χ3v) is 5.57. The van der Waals surface area contributed by atoms with Crippen LogP contribution < -0.4 is 15.4 Å². The van der Waals surface area contributed by atoms with Crippen LogP contribution in [0.2, 0.25) is 0 Å². The Labute approximate surface area is 191 Å². The van der Waals surface area contributed by atoms with Crippen molar-refractivity contribution >= 4 is 35.8 Å². The van der Waals surface area contributed by atoms with Crippen LogP contribution in [-0.2, 0) is 4.79 Å². The van der Waals surface area contributed by atoms with Crippen LogP contribution in [0.15, 0.2) is 29.3 Å². The maximum atomic E-state index is 12.0. The van der Waals surface area contributed by atoms with Crippen molar-refractivity contribution in [2.75, 3.05) is 27.2 Å². The molecule has 1 aromatic rings. The maximum Gasteiger partial charge on any atom is 0.243 e. The molecule has 1 saturated carbocycles. The van der Waals surface area contributed by atoms with Gasteiger partial charge in [-0.25, -0.2) is 4.99 Å². The Bertz CT molecular complexity index is 715. The van der Waals surface area contributed by atoms with Gasteiger partial charge in [0.05, 0.1) is 6.04 Å². The third kappa shape index (κ3) is 6.23. The number of carbonyl (C=O) groups excluding carboxylic acids is 1. The van der Waals surface area contributed by atoms with Crippen LogP contribution in [0.1, 0.15) is 57.6 Å². The number of fused-ring (bicyclic) bond motifs is 1. The number of nitrogens with one attached hydrogen (secondary N) is 2. The highest BCUT2D eigenvalue weighted by Gasteiger charge is 2.43. The van der Waals surface area contributed by atoms with Crippen LogP contribution >= 0.6 is 24.0 Å². The lowest BCUT2D eigenvalue weighted by Crippen LogP contribution is -2.47. The largest absolute Gasteiger partial charge is 0.487 e. The molecule has 0 aromatic heterocycles. The fourth-order valence-corrected chi connectivity index (χ4v) is 3.98. The lowest BCUT2D eigenvalue weighted by Gasteiger charge is -2.40. The summed E-state index contributed by atoms with van der Waals surface area (Å²) in [5.74, 6) is 2.14. The zero-order valence-corrected chi connectivity index (χ0v) is 20.4. The van der Waals surface area contributed by atoms with Crippen molar-refractivity contribution in [1.29, 1.82) is 0 Å². The second-order valence-corrected chi connectivity index (χ2v) is 8.66. The molecule has 1 heterocycles. The van der Waals surface area contributed by atoms with E-state index in [2.05, 4.69) is 47.7 Å². The van der Waals surface area contributed by atoms with E-state index in [-0.39, 0.29) is 48.1 Å². The summed E-state index contributed by atoms with van der Waals surface area (Å²) in [5.41, 5.74) is 1.09. The Balaban J connectivity index is 0.00000300. The minimum absolute atomic E-state index is 0. The number of rotatable bonds is 5. The summed E-state index contributed by atoms with van der Waals surface area (Å²) >= 11 is 0. The Hall–Kier alpha value is -1.51. The van der Waals surface area contributed by atoms with Gasteiger partial charge in [0.1, 0.15) is 17.9 Å². The number of guanidine groups is 1. The summed E-state index contributed by atoms with van der Waals surface area (Å²) in [5, 5.41) is 7.00. The quantitative estimate of drug-likeness (QED) is 0.357. The van der Waals surface area contributed by atoms with E-state index in [4.69, 9.17) is 4.74 Å². The first-order chi connectivity index (χ1) is 13.4. The van der Waals surface area contributed by atoms with Crippen LogP contribution in [0.4, 0.5) is 0 Å². The second kappa shape index (κ2) is 10.5. The summed E-state index contributed by atoms with van der Waals surface area (Å²) in [6.07, 6.45) is 5.57. The van der Waals surface area contributed by atoms with Gasteiger partial charge in [0.2, 0.25) is 5.91 Å². The lowest BCUT2D eigenvalue weighted by molar-refractivity contribution is -0.127. The average Bonchev–Trinajstić information content (AvgIpc) is 3.10. The Kier molecular flexibility index (Phi) is 8.60. The van der Waals surface area contributed by atoms with Gasteiger partial charge in [-0.1, -0.05) is 32.0 Å². The molecular weight excluding hydrogens is 479 g/mol. The number of benzene rings is 1. The monoisotopic (exact) mass is 514 g/mol. The molecule has 0 saturated heterocycles. The molecule has 1 aliphatic heterocycles. The van der Waals surface area contributed by atoms with E-state index in [0.717, 1.165) is 37.1 Å². The van der Waals surface area contributed by atoms with Crippen molar-refractivity contribution in [3.05, 3.63) is 29.8 Å². The predicted molar refractivity (Wildman–Crippen MR) is 128 cm³/mol. The summed E-state index contributed by atoms with van der Waals surface area (Å²) in [4.78, 5) is 18.2. The Morgan fingerprint density at radius 2 is 1.97 bits per heavy atom. The maximum absolute atomic E-state index is 12.0. The van der Waals surface area contributed by atoms with Crippen LogP contribution in [0.3, 0.4) is 0 Å². The van der Waals surface area contributed by atoms with Gasteiger partial charge < -0.3 is 20.3 Å². The zero-order chi connectivity index (χ0) is 20.1. The molecule has 162 valence electrons. The minimum atomic E-state index is -0.0748. The number of ether oxygens (including phenoxy) is 1. The smallest absolute Gasteiger partial charge is 0.243 e. The van der Waals surface area contributed by atoms with Crippen LogP contribution in [0, 0.1) is 5.92 Å². The molecule has 1 aromatic carbocycles. The van der Waals surface area contributed by atoms with E-state index in [1.807, 2.05) is 6.07 Å². The van der Waals surface area contributed by atoms with Crippen LogP contribution in [-0.4, -0.2) is 49.6 Å². The predicted octanol–water partition coefficient (Wildman–Crippen LogP) is 3.72. The Morgan fingerprint density at radius 1 is 1.28 bits per heavy atom. The number of carbonyl (C=O) groups is 1. The summed E-state index contributed by atoms with van der Waals surface area (Å²) in [6.45, 7) is 5.26. The molecule has 2 N–H and O–H groups in total. The average molecular weight is 514 g/mol. The number of likely N-dealkylation sites (N-methyl/N-ethyl adjacent to an activating group) is 1. The standard InChI is InChI=1S/C22H34N4O2.HI/c1-16(2)14-23-21(24-15-20(27)26(3)4)25-18-13-22(11-7-8-12-22)28-19-10-6-5-9-17(18)19;/h5-6,9-10,16,18H,7-8,11-15H2,1-4H3,(H2,23,24,25);1H. The molecule has 1 fully saturated rings. The van der Waals surface area contributed by atoms with Gasteiger partial charge in [-0.3, -0.25) is 4.79 Å². The van der Waals surface area contributed by atoms with Crippen molar-refractivity contribution in [1.82, 2.24) is 15.5 Å². The first-order valence-electron chi connectivity index (χ1n) is 10.4. The molecule has 6 nitrogen and oxygen atoms in total. The third-order valence-electron chi connectivity index (χ3n) is 5.57. The van der Waals surface area contributed by atoms with Crippen molar-refractivity contribution < 1.29 is 9.53 Å². The highest BCUT2D eigenvalue weighted by atomic mass is 127. The molecule has 2 aliphatic rings.